The van der Waals surface area contributed by atoms with Crippen molar-refractivity contribution in [3.05, 3.63) is 16.6 Å². The monoisotopic (exact) mass is 339 g/mol. The summed E-state index contributed by atoms with van der Waals surface area (Å²) < 4.78 is 5.54. The zero-order valence-corrected chi connectivity index (χ0v) is 15.5. The van der Waals surface area contributed by atoms with E-state index in [1.165, 1.54) is 6.42 Å². The molecule has 0 aromatic carbocycles. The van der Waals surface area contributed by atoms with Gasteiger partial charge in [0.15, 0.2) is 0 Å². The van der Waals surface area contributed by atoms with Crippen LogP contribution in [-0.2, 0) is 4.74 Å². The molecule has 1 aromatic heterocycles. The van der Waals surface area contributed by atoms with Crippen molar-refractivity contribution in [1.29, 1.82) is 0 Å². The molecule has 1 aromatic rings. The van der Waals surface area contributed by atoms with E-state index in [1.807, 2.05) is 37.2 Å². The molecule has 1 N–H and O–H groups in total. The predicted molar refractivity (Wildman–Crippen MR) is 94.0 cm³/mol. The first-order valence-electron chi connectivity index (χ1n) is 8.46. The fourth-order valence-electron chi connectivity index (χ4n) is 2.81. The zero-order valence-electron chi connectivity index (χ0n) is 14.7. The van der Waals surface area contributed by atoms with E-state index in [1.54, 1.807) is 11.3 Å². The fraction of sp³-hybridized carbons (Fsp3) is 0.765. The number of rotatable bonds is 5. The minimum Gasteiger partial charge on any atom is -0.444 e. The van der Waals surface area contributed by atoms with Crippen molar-refractivity contribution >= 4 is 17.4 Å². The highest BCUT2D eigenvalue weighted by Gasteiger charge is 2.30. The molecule has 2 atom stereocenters. The van der Waals surface area contributed by atoms with Gasteiger partial charge in [-0.05, 0) is 40.0 Å². The van der Waals surface area contributed by atoms with Crippen molar-refractivity contribution in [2.24, 2.45) is 0 Å². The summed E-state index contributed by atoms with van der Waals surface area (Å²) in [6.45, 7) is 10.4. The van der Waals surface area contributed by atoms with E-state index in [9.17, 15) is 4.79 Å². The first-order chi connectivity index (χ1) is 10.9. The molecule has 1 amide bonds. The highest BCUT2D eigenvalue weighted by atomic mass is 32.1. The third kappa shape index (κ3) is 5.77. The van der Waals surface area contributed by atoms with Crippen LogP contribution in [0.1, 0.15) is 57.9 Å². The number of carbonyl (C=O) groups is 1. The van der Waals surface area contributed by atoms with Crippen LogP contribution in [0.25, 0.3) is 0 Å². The van der Waals surface area contributed by atoms with Crippen LogP contribution in [0.3, 0.4) is 0 Å². The molecule has 5 nitrogen and oxygen atoms in total. The third-order valence-corrected chi connectivity index (χ3v) is 4.97. The van der Waals surface area contributed by atoms with Crippen LogP contribution >= 0.6 is 11.3 Å². The summed E-state index contributed by atoms with van der Waals surface area (Å²) in [5, 5.41) is 6.68. The minimum atomic E-state index is -0.439. The van der Waals surface area contributed by atoms with Gasteiger partial charge in [-0.1, -0.05) is 6.92 Å². The van der Waals surface area contributed by atoms with Gasteiger partial charge >= 0.3 is 6.09 Å². The molecule has 1 aliphatic heterocycles. The second-order valence-electron chi connectivity index (χ2n) is 7.25. The van der Waals surface area contributed by atoms with E-state index in [2.05, 4.69) is 17.2 Å². The quantitative estimate of drug-likeness (QED) is 0.890. The van der Waals surface area contributed by atoms with Crippen molar-refractivity contribution < 1.29 is 9.53 Å². The molecule has 2 rings (SSSR count). The number of carbonyl (C=O) groups excluding carboxylic acids is 1. The number of nitrogens with zero attached hydrogens (tertiary/aromatic N) is 2. The Labute approximate surface area is 143 Å². The largest absolute Gasteiger partial charge is 0.444 e. The van der Waals surface area contributed by atoms with E-state index in [4.69, 9.17) is 4.74 Å². The Bertz CT molecular complexity index is 485. The smallest absolute Gasteiger partial charge is 0.410 e. The molecule has 0 aliphatic carbocycles. The lowest BCUT2D eigenvalue weighted by atomic mass is 10.0. The molecule has 2 unspecified atom stereocenters. The minimum absolute atomic E-state index is 0.183. The van der Waals surface area contributed by atoms with Crippen molar-refractivity contribution in [3.63, 3.8) is 0 Å². The Kier molecular flexibility index (Phi) is 6.41. The summed E-state index contributed by atoms with van der Waals surface area (Å²) in [4.78, 5) is 18.6. The van der Waals surface area contributed by atoms with Gasteiger partial charge in [0.25, 0.3) is 0 Å². The summed E-state index contributed by atoms with van der Waals surface area (Å²) in [5.41, 5.74) is -0.439. The molecule has 0 spiro atoms. The Balaban J connectivity index is 1.82. The lowest BCUT2D eigenvalue weighted by molar-refractivity contribution is 0.00996. The number of nitrogens with one attached hydrogen (secondary N) is 1. The highest BCUT2D eigenvalue weighted by molar-refractivity contribution is 7.09. The van der Waals surface area contributed by atoms with Crippen LogP contribution < -0.4 is 5.32 Å². The van der Waals surface area contributed by atoms with E-state index in [-0.39, 0.29) is 12.1 Å². The number of hydrogen-bond acceptors (Lipinski definition) is 5. The molecule has 1 fully saturated rings. The van der Waals surface area contributed by atoms with E-state index in [0.717, 1.165) is 37.5 Å². The molecule has 0 radical (unpaired) electrons. The van der Waals surface area contributed by atoms with Crippen LogP contribution in [0.4, 0.5) is 4.79 Å². The molecule has 1 aliphatic rings. The maximum absolute atomic E-state index is 12.4. The van der Waals surface area contributed by atoms with E-state index < -0.39 is 5.60 Å². The summed E-state index contributed by atoms with van der Waals surface area (Å²) in [6, 6.07) is 0.224. The zero-order chi connectivity index (χ0) is 16.9. The number of ether oxygens (including phenoxy) is 1. The average Bonchev–Trinajstić information content (AvgIpc) is 3.00. The van der Waals surface area contributed by atoms with Crippen molar-refractivity contribution in [3.8, 4) is 0 Å². The number of likely N-dealkylation sites (tertiary alicyclic amines) is 1. The third-order valence-electron chi connectivity index (χ3n) is 3.96. The van der Waals surface area contributed by atoms with Gasteiger partial charge in [-0.2, -0.15) is 0 Å². The maximum atomic E-state index is 12.4. The molecular formula is C17H29N3O2S. The van der Waals surface area contributed by atoms with Crippen LogP contribution in [0.5, 0.6) is 0 Å². The molecule has 130 valence electrons. The number of piperidine rings is 1. The Morgan fingerprint density at radius 3 is 2.96 bits per heavy atom. The average molecular weight is 340 g/mol. The van der Waals surface area contributed by atoms with Gasteiger partial charge in [-0.25, -0.2) is 9.78 Å². The highest BCUT2D eigenvalue weighted by Crippen LogP contribution is 2.21. The molecule has 23 heavy (non-hydrogen) atoms. The number of amides is 1. The molecule has 6 heteroatoms. The van der Waals surface area contributed by atoms with Crippen molar-refractivity contribution in [2.45, 2.75) is 64.5 Å². The van der Waals surface area contributed by atoms with Crippen LogP contribution in [0.2, 0.25) is 0 Å². The summed E-state index contributed by atoms with van der Waals surface area (Å²) in [5.74, 6) is 0.397. The van der Waals surface area contributed by atoms with Gasteiger partial charge in [0.2, 0.25) is 0 Å². The molecule has 0 bridgehead atoms. The second kappa shape index (κ2) is 8.11. The van der Waals surface area contributed by atoms with Crippen molar-refractivity contribution in [2.75, 3.05) is 19.6 Å². The summed E-state index contributed by atoms with van der Waals surface area (Å²) in [6.07, 6.45) is 4.94. The van der Waals surface area contributed by atoms with Crippen LogP contribution in [-0.4, -0.2) is 47.3 Å². The van der Waals surface area contributed by atoms with Crippen LogP contribution in [0, 0.1) is 0 Å². The lowest BCUT2D eigenvalue weighted by Gasteiger charge is -2.37. The predicted octanol–water partition coefficient (Wildman–Crippen LogP) is 3.63. The van der Waals surface area contributed by atoms with Gasteiger partial charge in [-0.15, -0.1) is 11.3 Å². The molecule has 0 saturated carbocycles. The van der Waals surface area contributed by atoms with Crippen molar-refractivity contribution in [1.82, 2.24) is 15.2 Å². The van der Waals surface area contributed by atoms with Gasteiger partial charge < -0.3 is 15.0 Å². The van der Waals surface area contributed by atoms with Gasteiger partial charge in [0.05, 0.1) is 5.01 Å². The van der Waals surface area contributed by atoms with E-state index in [0.29, 0.717) is 5.92 Å². The Morgan fingerprint density at radius 1 is 1.52 bits per heavy atom. The van der Waals surface area contributed by atoms with Gasteiger partial charge in [0, 0.05) is 43.2 Å². The molecule has 1 saturated heterocycles. The first kappa shape index (κ1) is 18.2. The van der Waals surface area contributed by atoms with Gasteiger partial charge in [-0.3, -0.25) is 0 Å². The number of hydrogen-bond donors (Lipinski definition) is 1. The van der Waals surface area contributed by atoms with E-state index >= 15 is 0 Å². The number of aromatic nitrogens is 1. The van der Waals surface area contributed by atoms with Gasteiger partial charge in [0.1, 0.15) is 5.60 Å². The number of thiazole rings is 1. The first-order valence-corrected chi connectivity index (χ1v) is 9.34. The standard InChI is InChI=1S/C17H29N3O2S/c1-13(15-19-8-10-23-15)11-18-12-14-7-5-6-9-20(14)16(21)22-17(2,3)4/h8,10,13-14,18H,5-7,9,11-12H2,1-4H3. The molecular weight excluding hydrogens is 310 g/mol. The molecule has 2 heterocycles. The summed E-state index contributed by atoms with van der Waals surface area (Å²) in [7, 11) is 0. The van der Waals surface area contributed by atoms with Crippen LogP contribution in [0.15, 0.2) is 11.6 Å². The lowest BCUT2D eigenvalue weighted by Crippen LogP contribution is -2.50. The summed E-state index contributed by atoms with van der Waals surface area (Å²) >= 11 is 1.69. The topological polar surface area (TPSA) is 54.5 Å². The normalized spacial score (nSPS) is 20.3. The SMILES string of the molecule is CC(CNCC1CCCCN1C(=O)OC(C)(C)C)c1nccs1. The Hall–Kier alpha value is -1.14. The Morgan fingerprint density at radius 2 is 2.30 bits per heavy atom. The second-order valence-corrected chi connectivity index (χ2v) is 8.18. The maximum Gasteiger partial charge on any atom is 0.410 e. The fourth-order valence-corrected chi connectivity index (χ4v) is 3.50.